The van der Waals surface area contributed by atoms with E-state index < -0.39 is 17.8 Å². The molecule has 1 heterocycles. The number of alkyl halides is 3. The van der Waals surface area contributed by atoms with Crippen LogP contribution in [-0.2, 0) is 10.9 Å². The van der Waals surface area contributed by atoms with Crippen molar-refractivity contribution in [1.29, 1.82) is 0 Å². The second-order valence-corrected chi connectivity index (χ2v) is 4.09. The van der Waals surface area contributed by atoms with Crippen LogP contribution in [0, 0.1) is 6.92 Å². The van der Waals surface area contributed by atoms with Gasteiger partial charge in [0.15, 0.2) is 0 Å². The van der Waals surface area contributed by atoms with Crippen LogP contribution < -0.4 is 0 Å². The highest BCUT2D eigenvalue weighted by Gasteiger charge is 2.36. The summed E-state index contributed by atoms with van der Waals surface area (Å²) in [5, 5.41) is 3.81. The fourth-order valence-corrected chi connectivity index (χ4v) is 1.83. The lowest BCUT2D eigenvalue weighted by atomic mass is 10.2. The molecule has 7 heteroatoms. The number of nitrogens with zero attached hydrogens (tertiary/aromatic N) is 2. The number of hydrogen-bond donors (Lipinski definition) is 0. The first-order chi connectivity index (χ1) is 9.34. The maximum absolute atomic E-state index is 13.0. The molecule has 20 heavy (non-hydrogen) atoms. The average Bonchev–Trinajstić information content (AvgIpc) is 2.80. The van der Waals surface area contributed by atoms with Crippen LogP contribution in [0.2, 0.25) is 0 Å². The smallest absolute Gasteiger partial charge is 0.433 e. The van der Waals surface area contributed by atoms with Crippen molar-refractivity contribution < 1.29 is 22.7 Å². The molecule has 0 saturated heterocycles. The van der Waals surface area contributed by atoms with Crippen LogP contribution in [-0.4, -0.2) is 22.9 Å². The first-order valence-electron chi connectivity index (χ1n) is 5.66. The van der Waals surface area contributed by atoms with E-state index >= 15 is 0 Å². The number of carbonyl (C=O) groups is 1. The van der Waals surface area contributed by atoms with Crippen molar-refractivity contribution in [3.8, 4) is 5.69 Å². The molecule has 0 radical (unpaired) electrons. The van der Waals surface area contributed by atoms with E-state index in [1.165, 1.54) is 25.1 Å². The molecule has 0 atom stereocenters. The standard InChI is InChI=1S/C13H11F3N2O2/c1-8-7-11(13(14,15)16)18(17-8)10-6-4-3-5-9(10)12(19)20-2/h3-7H,1-2H3. The van der Waals surface area contributed by atoms with Crippen molar-refractivity contribution in [2.24, 2.45) is 0 Å². The molecule has 0 fully saturated rings. The average molecular weight is 284 g/mol. The zero-order chi connectivity index (χ0) is 14.9. The number of esters is 1. The molecule has 0 N–H and O–H groups in total. The molecular weight excluding hydrogens is 273 g/mol. The van der Waals surface area contributed by atoms with E-state index in [-0.39, 0.29) is 16.9 Å². The SMILES string of the molecule is COC(=O)c1ccccc1-n1nc(C)cc1C(F)(F)F. The van der Waals surface area contributed by atoms with Gasteiger partial charge in [0.1, 0.15) is 5.69 Å². The third kappa shape index (κ3) is 2.52. The molecule has 0 saturated carbocycles. The molecule has 0 aliphatic rings. The highest BCUT2D eigenvalue weighted by atomic mass is 19.4. The van der Waals surface area contributed by atoms with Gasteiger partial charge in [-0.05, 0) is 25.1 Å². The molecule has 0 unspecified atom stereocenters. The fraction of sp³-hybridized carbons (Fsp3) is 0.231. The Bertz CT molecular complexity index is 647. The normalized spacial score (nSPS) is 11.4. The molecule has 2 aromatic rings. The van der Waals surface area contributed by atoms with Crippen molar-refractivity contribution in [3.05, 3.63) is 47.3 Å². The molecule has 106 valence electrons. The number of aryl methyl sites for hydroxylation is 1. The Kier molecular flexibility index (Phi) is 3.52. The molecule has 2 rings (SSSR count). The summed E-state index contributed by atoms with van der Waals surface area (Å²) in [6, 6.07) is 6.76. The van der Waals surface area contributed by atoms with Crippen LogP contribution in [0.25, 0.3) is 5.69 Å². The van der Waals surface area contributed by atoms with Crippen LogP contribution >= 0.6 is 0 Å². The Labute approximate surface area is 112 Å². The minimum Gasteiger partial charge on any atom is -0.465 e. The van der Waals surface area contributed by atoms with Gasteiger partial charge in [0.25, 0.3) is 0 Å². The van der Waals surface area contributed by atoms with E-state index in [1.54, 1.807) is 6.07 Å². The largest absolute Gasteiger partial charge is 0.465 e. The predicted molar refractivity (Wildman–Crippen MR) is 64.6 cm³/mol. The number of benzene rings is 1. The minimum absolute atomic E-state index is 0.0172. The topological polar surface area (TPSA) is 44.1 Å². The van der Waals surface area contributed by atoms with Gasteiger partial charge < -0.3 is 4.74 Å². The lowest BCUT2D eigenvalue weighted by molar-refractivity contribution is -0.142. The summed E-state index contributed by atoms with van der Waals surface area (Å²) < 4.78 is 44.2. The molecule has 0 spiro atoms. The van der Waals surface area contributed by atoms with Gasteiger partial charge in [-0.2, -0.15) is 18.3 Å². The van der Waals surface area contributed by atoms with E-state index in [2.05, 4.69) is 9.84 Å². The summed E-state index contributed by atoms with van der Waals surface area (Å²) in [6.07, 6.45) is -4.56. The summed E-state index contributed by atoms with van der Waals surface area (Å²) in [6.45, 7) is 1.45. The van der Waals surface area contributed by atoms with E-state index in [0.29, 0.717) is 4.68 Å². The van der Waals surface area contributed by atoms with Gasteiger partial charge in [0.2, 0.25) is 0 Å². The van der Waals surface area contributed by atoms with Crippen molar-refractivity contribution >= 4 is 5.97 Å². The number of halogens is 3. The molecule has 1 aromatic carbocycles. The number of ether oxygens (including phenoxy) is 1. The van der Waals surface area contributed by atoms with Crippen LogP contribution in [0.5, 0.6) is 0 Å². The first kappa shape index (κ1) is 14.1. The fourth-order valence-electron chi connectivity index (χ4n) is 1.83. The first-order valence-corrected chi connectivity index (χ1v) is 5.66. The molecule has 0 amide bonds. The van der Waals surface area contributed by atoms with E-state index in [9.17, 15) is 18.0 Å². The van der Waals surface area contributed by atoms with Crippen LogP contribution in [0.1, 0.15) is 21.7 Å². The zero-order valence-corrected chi connectivity index (χ0v) is 10.7. The van der Waals surface area contributed by atoms with Gasteiger partial charge in [-0.3, -0.25) is 0 Å². The van der Waals surface area contributed by atoms with Gasteiger partial charge in [-0.25, -0.2) is 9.48 Å². The second-order valence-electron chi connectivity index (χ2n) is 4.09. The van der Waals surface area contributed by atoms with Crippen molar-refractivity contribution in [3.63, 3.8) is 0 Å². The summed E-state index contributed by atoms with van der Waals surface area (Å²) in [5.41, 5.74) is -0.688. The molecular formula is C13H11F3N2O2. The predicted octanol–water partition coefficient (Wildman–Crippen LogP) is 2.99. The lowest BCUT2D eigenvalue weighted by Gasteiger charge is -2.12. The summed E-state index contributed by atoms with van der Waals surface area (Å²) >= 11 is 0. The van der Waals surface area contributed by atoms with Crippen LogP contribution in [0.3, 0.4) is 0 Å². The van der Waals surface area contributed by atoms with Gasteiger partial charge in [-0.15, -0.1) is 0 Å². The zero-order valence-electron chi connectivity index (χ0n) is 10.7. The van der Waals surface area contributed by atoms with Crippen LogP contribution in [0.15, 0.2) is 30.3 Å². The lowest BCUT2D eigenvalue weighted by Crippen LogP contribution is -2.16. The molecule has 1 aromatic heterocycles. The molecule has 0 bridgehead atoms. The van der Waals surface area contributed by atoms with Crippen molar-refractivity contribution in [2.75, 3.05) is 7.11 Å². The van der Waals surface area contributed by atoms with Crippen molar-refractivity contribution in [1.82, 2.24) is 9.78 Å². The summed E-state index contributed by atoms with van der Waals surface area (Å²) in [7, 11) is 1.16. The van der Waals surface area contributed by atoms with Gasteiger partial charge in [0, 0.05) is 0 Å². The highest BCUT2D eigenvalue weighted by molar-refractivity contribution is 5.93. The Morgan fingerprint density at radius 3 is 2.55 bits per heavy atom. The Hall–Kier alpha value is -2.31. The third-order valence-electron chi connectivity index (χ3n) is 2.66. The Morgan fingerprint density at radius 1 is 1.30 bits per heavy atom. The maximum Gasteiger partial charge on any atom is 0.433 e. The number of methoxy groups -OCH3 is 1. The van der Waals surface area contributed by atoms with Crippen molar-refractivity contribution in [2.45, 2.75) is 13.1 Å². The number of aromatic nitrogens is 2. The van der Waals surface area contributed by atoms with Gasteiger partial charge in [0.05, 0.1) is 24.1 Å². The molecule has 0 aliphatic carbocycles. The third-order valence-corrected chi connectivity index (χ3v) is 2.66. The molecule has 0 aliphatic heterocycles. The molecule has 4 nitrogen and oxygen atoms in total. The van der Waals surface area contributed by atoms with Crippen LogP contribution in [0.4, 0.5) is 13.2 Å². The number of para-hydroxylation sites is 1. The quantitative estimate of drug-likeness (QED) is 0.796. The van der Waals surface area contributed by atoms with Gasteiger partial charge in [-0.1, -0.05) is 12.1 Å². The highest BCUT2D eigenvalue weighted by Crippen LogP contribution is 2.32. The summed E-state index contributed by atoms with van der Waals surface area (Å²) in [5.74, 6) is -0.720. The van der Waals surface area contributed by atoms with E-state index in [0.717, 1.165) is 13.2 Å². The summed E-state index contributed by atoms with van der Waals surface area (Å²) in [4.78, 5) is 11.6. The second kappa shape index (κ2) is 4.99. The monoisotopic (exact) mass is 284 g/mol. The van der Waals surface area contributed by atoms with E-state index in [1.807, 2.05) is 0 Å². The maximum atomic E-state index is 13.0. The number of hydrogen-bond acceptors (Lipinski definition) is 3. The Balaban J connectivity index is 2.67. The van der Waals surface area contributed by atoms with E-state index in [4.69, 9.17) is 0 Å². The Morgan fingerprint density at radius 2 is 1.95 bits per heavy atom. The minimum atomic E-state index is -4.56. The number of carbonyl (C=O) groups excluding carboxylic acids is 1. The van der Waals surface area contributed by atoms with Gasteiger partial charge >= 0.3 is 12.1 Å². The number of rotatable bonds is 2.